The Morgan fingerprint density at radius 1 is 1.38 bits per heavy atom. The Hall–Kier alpha value is -1.71. The van der Waals surface area contributed by atoms with Gasteiger partial charge in [0, 0.05) is 12.7 Å². The summed E-state index contributed by atoms with van der Waals surface area (Å²) < 4.78 is 4.96. The zero-order chi connectivity index (χ0) is 9.68. The second-order valence-electron chi connectivity index (χ2n) is 2.36. The van der Waals surface area contributed by atoms with E-state index in [1.54, 1.807) is 31.4 Å². The molecule has 4 nitrogen and oxygen atoms in total. The molecule has 0 aromatic heterocycles. The molecule has 0 heterocycles. The smallest absolute Gasteiger partial charge is 0.319 e. The fraction of sp³-hybridized carbons (Fsp3) is 0.111. The van der Waals surface area contributed by atoms with E-state index in [4.69, 9.17) is 4.74 Å². The molecular weight excluding hydrogens is 168 g/mol. The van der Waals surface area contributed by atoms with E-state index in [0.717, 1.165) is 5.75 Å². The Bertz CT molecular complexity index is 282. The third-order valence-corrected chi connectivity index (χ3v) is 1.51. The first-order valence-corrected chi connectivity index (χ1v) is 3.74. The Morgan fingerprint density at radius 3 is 2.46 bits per heavy atom. The van der Waals surface area contributed by atoms with Crippen LogP contribution in [0.5, 0.6) is 5.75 Å². The van der Waals surface area contributed by atoms with Gasteiger partial charge in [-0.2, -0.15) is 0 Å². The maximum absolute atomic E-state index is 10.8. The van der Waals surface area contributed by atoms with Gasteiger partial charge in [0.25, 0.3) is 0 Å². The molecule has 13 heavy (non-hydrogen) atoms. The van der Waals surface area contributed by atoms with Crippen LogP contribution in [0.2, 0.25) is 0 Å². The van der Waals surface area contributed by atoms with E-state index in [2.05, 4.69) is 17.7 Å². The summed E-state index contributed by atoms with van der Waals surface area (Å²) in [6, 6.07) is 6.67. The maximum atomic E-state index is 10.8. The molecule has 1 radical (unpaired) electrons. The summed E-state index contributed by atoms with van der Waals surface area (Å²) in [5.41, 5.74) is 0.696. The van der Waals surface area contributed by atoms with Crippen LogP contribution in [0.15, 0.2) is 24.3 Å². The topological polar surface area (TPSA) is 50.4 Å². The first-order chi connectivity index (χ1) is 6.26. The van der Waals surface area contributed by atoms with E-state index in [1.807, 2.05) is 0 Å². The summed E-state index contributed by atoms with van der Waals surface area (Å²) in [4.78, 5) is 10.8. The molecule has 0 spiro atoms. The van der Waals surface area contributed by atoms with Crippen LogP contribution >= 0.6 is 0 Å². The molecule has 0 saturated heterocycles. The van der Waals surface area contributed by atoms with E-state index >= 15 is 0 Å². The molecule has 0 unspecified atom stereocenters. The lowest BCUT2D eigenvalue weighted by atomic mass is 10.3. The van der Waals surface area contributed by atoms with Gasteiger partial charge in [0.15, 0.2) is 0 Å². The van der Waals surface area contributed by atoms with Gasteiger partial charge in [0.05, 0.1) is 7.11 Å². The van der Waals surface area contributed by atoms with Crippen LogP contribution in [-0.4, -0.2) is 13.1 Å². The number of anilines is 1. The summed E-state index contributed by atoms with van der Waals surface area (Å²) >= 11 is 0. The number of nitrogens with one attached hydrogen (secondary N) is 2. The molecule has 69 valence electrons. The molecular formula is C9H11N2O2. The normalized spacial score (nSPS) is 9.08. The van der Waals surface area contributed by atoms with Crippen molar-refractivity contribution in [1.82, 2.24) is 5.32 Å². The third-order valence-electron chi connectivity index (χ3n) is 1.51. The molecule has 1 aromatic rings. The Morgan fingerprint density at radius 2 is 2.00 bits per heavy atom. The lowest BCUT2D eigenvalue weighted by Gasteiger charge is -2.04. The summed E-state index contributed by atoms with van der Waals surface area (Å²) in [7, 11) is 4.82. The fourth-order valence-electron chi connectivity index (χ4n) is 0.850. The fourth-order valence-corrected chi connectivity index (χ4v) is 0.850. The average molecular weight is 179 g/mol. The summed E-state index contributed by atoms with van der Waals surface area (Å²) in [6.45, 7) is 0. The van der Waals surface area contributed by atoms with Gasteiger partial charge < -0.3 is 15.4 Å². The summed E-state index contributed by atoms with van der Waals surface area (Å²) in [5, 5.41) is 4.79. The van der Waals surface area contributed by atoms with Gasteiger partial charge in [-0.15, -0.1) is 0 Å². The number of benzene rings is 1. The number of rotatable bonds is 2. The second-order valence-corrected chi connectivity index (χ2v) is 2.36. The number of carbonyl (C=O) groups is 1. The van der Waals surface area contributed by atoms with Gasteiger partial charge >= 0.3 is 6.03 Å². The van der Waals surface area contributed by atoms with Crippen LogP contribution in [0.25, 0.3) is 0 Å². The lowest BCUT2D eigenvalue weighted by molar-refractivity contribution is 0.255. The highest BCUT2D eigenvalue weighted by Crippen LogP contribution is 2.14. The number of urea groups is 1. The Balaban J connectivity index is 2.64. The quantitative estimate of drug-likeness (QED) is 0.724. The van der Waals surface area contributed by atoms with Crippen molar-refractivity contribution in [3.8, 4) is 5.75 Å². The lowest BCUT2D eigenvalue weighted by Crippen LogP contribution is -2.22. The molecule has 0 fully saturated rings. The van der Waals surface area contributed by atoms with Crippen molar-refractivity contribution >= 4 is 11.7 Å². The molecule has 2 amide bonds. The number of hydrogen-bond acceptors (Lipinski definition) is 2. The number of amides is 2. The molecule has 0 atom stereocenters. The van der Waals surface area contributed by atoms with E-state index in [1.165, 1.54) is 0 Å². The second kappa shape index (κ2) is 4.35. The van der Waals surface area contributed by atoms with Gasteiger partial charge in [0.2, 0.25) is 0 Å². The first-order valence-electron chi connectivity index (χ1n) is 3.74. The third kappa shape index (κ3) is 2.66. The van der Waals surface area contributed by atoms with Crippen molar-refractivity contribution in [3.63, 3.8) is 0 Å². The number of methoxy groups -OCH3 is 1. The highest BCUT2D eigenvalue weighted by atomic mass is 16.5. The molecule has 4 heteroatoms. The van der Waals surface area contributed by atoms with Crippen LogP contribution in [0.1, 0.15) is 0 Å². The predicted octanol–water partition coefficient (Wildman–Crippen LogP) is 1.61. The van der Waals surface area contributed by atoms with Crippen molar-refractivity contribution in [3.05, 3.63) is 31.3 Å². The van der Waals surface area contributed by atoms with Gasteiger partial charge in [-0.3, -0.25) is 0 Å². The summed E-state index contributed by atoms with van der Waals surface area (Å²) in [5.74, 6) is 0.751. The van der Waals surface area contributed by atoms with Gasteiger partial charge in [-0.25, -0.2) is 4.79 Å². The van der Waals surface area contributed by atoms with Crippen molar-refractivity contribution in [2.24, 2.45) is 0 Å². The van der Waals surface area contributed by atoms with E-state index in [9.17, 15) is 4.79 Å². The van der Waals surface area contributed by atoms with Crippen LogP contribution in [0.4, 0.5) is 10.5 Å². The molecule has 0 aliphatic rings. The molecule has 1 aromatic carbocycles. The van der Waals surface area contributed by atoms with E-state index < -0.39 is 0 Å². The highest BCUT2D eigenvalue weighted by Gasteiger charge is 1.97. The monoisotopic (exact) mass is 179 g/mol. The zero-order valence-corrected chi connectivity index (χ0v) is 7.33. The van der Waals surface area contributed by atoms with E-state index in [0.29, 0.717) is 5.69 Å². The largest absolute Gasteiger partial charge is 0.497 e. The number of hydrogen-bond donors (Lipinski definition) is 2. The summed E-state index contributed by atoms with van der Waals surface area (Å²) in [6.07, 6.45) is 0. The molecule has 1 rings (SSSR count). The van der Waals surface area contributed by atoms with Crippen LogP contribution in [-0.2, 0) is 0 Å². The van der Waals surface area contributed by atoms with Crippen molar-refractivity contribution in [2.45, 2.75) is 0 Å². The van der Waals surface area contributed by atoms with Crippen LogP contribution in [0, 0.1) is 7.05 Å². The minimum absolute atomic E-state index is 0.342. The number of carbonyl (C=O) groups excluding carboxylic acids is 1. The predicted molar refractivity (Wildman–Crippen MR) is 50.5 cm³/mol. The van der Waals surface area contributed by atoms with Gasteiger partial charge in [-0.1, -0.05) is 0 Å². The minimum atomic E-state index is -0.342. The highest BCUT2D eigenvalue weighted by molar-refractivity contribution is 5.89. The SMILES string of the molecule is [CH2]NC(=O)Nc1ccc(OC)cc1. The maximum Gasteiger partial charge on any atom is 0.319 e. The minimum Gasteiger partial charge on any atom is -0.497 e. The Kier molecular flexibility index (Phi) is 3.14. The van der Waals surface area contributed by atoms with Crippen LogP contribution in [0.3, 0.4) is 0 Å². The van der Waals surface area contributed by atoms with E-state index in [-0.39, 0.29) is 6.03 Å². The number of ether oxygens (including phenoxy) is 1. The van der Waals surface area contributed by atoms with Crippen molar-refractivity contribution in [2.75, 3.05) is 12.4 Å². The molecule has 0 aliphatic carbocycles. The van der Waals surface area contributed by atoms with Gasteiger partial charge in [0.1, 0.15) is 5.75 Å². The molecule has 0 saturated carbocycles. The zero-order valence-electron chi connectivity index (χ0n) is 7.33. The van der Waals surface area contributed by atoms with Gasteiger partial charge in [-0.05, 0) is 24.3 Å². The Labute approximate surface area is 76.9 Å². The standard InChI is InChI=1S/C9H11N2O2/c1-10-9(12)11-7-3-5-8(13-2)6-4-7/h3-6H,1H2,2H3,(H2,10,11,12). The van der Waals surface area contributed by atoms with Crippen LogP contribution < -0.4 is 15.4 Å². The first kappa shape index (κ1) is 9.38. The average Bonchev–Trinajstić information content (AvgIpc) is 2.19. The molecule has 0 aliphatic heterocycles. The van der Waals surface area contributed by atoms with Crippen molar-refractivity contribution < 1.29 is 9.53 Å². The van der Waals surface area contributed by atoms with Crippen molar-refractivity contribution in [1.29, 1.82) is 0 Å². The molecule has 0 bridgehead atoms. The molecule has 2 N–H and O–H groups in total.